The summed E-state index contributed by atoms with van der Waals surface area (Å²) < 4.78 is 0. The van der Waals surface area contributed by atoms with E-state index in [0.717, 1.165) is 34.5 Å². The molecule has 3 aromatic rings. The predicted octanol–water partition coefficient (Wildman–Crippen LogP) is 3.13. The third-order valence-corrected chi connectivity index (χ3v) is 4.87. The lowest BCUT2D eigenvalue weighted by Gasteiger charge is -2.05. The van der Waals surface area contributed by atoms with E-state index in [2.05, 4.69) is 30.9 Å². The molecule has 2 aliphatic rings. The highest BCUT2D eigenvalue weighted by Crippen LogP contribution is 2.28. The number of nitrogens with zero attached hydrogens (tertiary/aromatic N) is 2. The van der Waals surface area contributed by atoms with Gasteiger partial charge in [0.2, 0.25) is 5.96 Å². The van der Waals surface area contributed by atoms with Crippen LogP contribution < -0.4 is 16.0 Å². The van der Waals surface area contributed by atoms with Gasteiger partial charge in [0.05, 0.1) is 11.9 Å². The number of anilines is 2. The summed E-state index contributed by atoms with van der Waals surface area (Å²) in [5.41, 5.74) is 3.89. The van der Waals surface area contributed by atoms with Crippen LogP contribution in [0.5, 0.6) is 0 Å². The van der Waals surface area contributed by atoms with Crippen LogP contribution in [0.15, 0.2) is 59.5 Å². The number of carbonyl (C=O) groups excluding carboxylic acids is 1. The molecular formula is C21H20N6O. The van der Waals surface area contributed by atoms with Crippen molar-refractivity contribution in [2.75, 3.05) is 11.9 Å². The average molecular weight is 372 g/mol. The minimum Gasteiger partial charge on any atom is -0.355 e. The molecule has 1 aliphatic heterocycles. The van der Waals surface area contributed by atoms with Gasteiger partial charge < -0.3 is 15.6 Å². The minimum atomic E-state index is -0.195. The molecular weight excluding hydrogens is 352 g/mol. The van der Waals surface area contributed by atoms with Crippen LogP contribution in [0.4, 0.5) is 11.4 Å². The lowest BCUT2D eigenvalue weighted by molar-refractivity contribution is -0.115. The third-order valence-electron chi connectivity index (χ3n) is 4.87. The predicted molar refractivity (Wildman–Crippen MR) is 110 cm³/mol. The van der Waals surface area contributed by atoms with Gasteiger partial charge in [-0.3, -0.25) is 10.1 Å². The van der Waals surface area contributed by atoms with Crippen molar-refractivity contribution in [3.8, 4) is 0 Å². The van der Waals surface area contributed by atoms with E-state index in [1.165, 1.54) is 12.8 Å². The van der Waals surface area contributed by atoms with Gasteiger partial charge in [0, 0.05) is 29.4 Å². The van der Waals surface area contributed by atoms with Gasteiger partial charge in [-0.25, -0.2) is 9.98 Å². The van der Waals surface area contributed by atoms with E-state index in [1.54, 1.807) is 12.3 Å². The molecule has 1 amide bonds. The number of para-hydroxylation sites is 1. The maximum absolute atomic E-state index is 12.2. The van der Waals surface area contributed by atoms with E-state index >= 15 is 0 Å². The zero-order valence-electron chi connectivity index (χ0n) is 15.2. The molecule has 1 aliphatic carbocycles. The summed E-state index contributed by atoms with van der Waals surface area (Å²) in [6.07, 6.45) is 7.91. The topological polar surface area (TPSA) is 94.2 Å². The normalized spacial score (nSPS) is 17.6. The number of pyridine rings is 1. The highest BCUT2D eigenvalue weighted by atomic mass is 16.2. The van der Waals surface area contributed by atoms with Crippen LogP contribution in [-0.2, 0) is 4.79 Å². The molecule has 0 atom stereocenters. The Morgan fingerprint density at radius 2 is 2.04 bits per heavy atom. The molecule has 1 aromatic carbocycles. The molecule has 0 spiro atoms. The van der Waals surface area contributed by atoms with Crippen molar-refractivity contribution in [1.82, 2.24) is 20.6 Å². The second-order valence-electron chi connectivity index (χ2n) is 7.12. The highest BCUT2D eigenvalue weighted by molar-refractivity contribution is 6.14. The Hall–Kier alpha value is -3.61. The zero-order chi connectivity index (χ0) is 18.9. The van der Waals surface area contributed by atoms with Gasteiger partial charge in [0.1, 0.15) is 11.3 Å². The fraction of sp³-hybridized carbons (Fsp3) is 0.190. The number of guanidine groups is 1. The van der Waals surface area contributed by atoms with Crippen molar-refractivity contribution in [2.24, 2.45) is 10.9 Å². The number of amides is 1. The summed E-state index contributed by atoms with van der Waals surface area (Å²) in [5.74, 6) is 1.05. The van der Waals surface area contributed by atoms with Crippen molar-refractivity contribution < 1.29 is 4.79 Å². The molecule has 0 unspecified atom stereocenters. The Morgan fingerprint density at radius 3 is 2.86 bits per heavy atom. The van der Waals surface area contributed by atoms with Gasteiger partial charge in [-0.1, -0.05) is 18.2 Å². The number of H-pyrrole nitrogens is 1. The molecule has 0 radical (unpaired) electrons. The van der Waals surface area contributed by atoms with Crippen molar-refractivity contribution >= 4 is 40.4 Å². The standard InChI is InChI=1S/C21H20N6O/c28-20-18(26-21(27-20)24-10-13-6-7-13)8-14-11-22-19-17(14)9-16(12-23-19)25-15-4-2-1-3-5-15/h1-5,8-9,11-13,25H,6-7,10H2,(H,22,23)(H2,24,26,27,28). The molecule has 1 fully saturated rings. The van der Waals surface area contributed by atoms with Crippen LogP contribution in [0.25, 0.3) is 17.1 Å². The van der Waals surface area contributed by atoms with Gasteiger partial charge in [0.25, 0.3) is 5.91 Å². The number of aromatic amines is 1. The fourth-order valence-electron chi connectivity index (χ4n) is 3.16. The number of nitrogens with one attached hydrogen (secondary N) is 4. The van der Waals surface area contributed by atoms with Gasteiger partial charge in [-0.05, 0) is 43.0 Å². The molecule has 7 nitrogen and oxygen atoms in total. The maximum Gasteiger partial charge on any atom is 0.276 e. The summed E-state index contributed by atoms with van der Waals surface area (Å²) >= 11 is 0. The molecule has 1 saturated carbocycles. The largest absolute Gasteiger partial charge is 0.355 e. The van der Waals surface area contributed by atoms with Crippen molar-refractivity contribution in [1.29, 1.82) is 0 Å². The highest BCUT2D eigenvalue weighted by Gasteiger charge is 2.24. The molecule has 28 heavy (non-hydrogen) atoms. The number of hydrogen-bond donors (Lipinski definition) is 4. The number of aliphatic imine (C=N–C) groups is 1. The summed E-state index contributed by atoms with van der Waals surface area (Å²) in [6, 6.07) is 11.9. The Labute approximate surface area is 162 Å². The molecule has 4 N–H and O–H groups in total. The number of benzene rings is 1. The SMILES string of the molecule is O=C1NC(NCC2CC2)=NC1=Cc1c[nH]c2ncc(Nc3ccccc3)cc12. The van der Waals surface area contributed by atoms with Crippen LogP contribution >= 0.6 is 0 Å². The van der Waals surface area contributed by atoms with E-state index in [9.17, 15) is 4.79 Å². The Balaban J connectivity index is 1.41. The van der Waals surface area contributed by atoms with E-state index in [0.29, 0.717) is 17.6 Å². The van der Waals surface area contributed by atoms with Gasteiger partial charge in [0.15, 0.2) is 0 Å². The van der Waals surface area contributed by atoms with Crippen LogP contribution in [0, 0.1) is 5.92 Å². The summed E-state index contributed by atoms with van der Waals surface area (Å²) in [7, 11) is 0. The number of hydrogen-bond acceptors (Lipinski definition) is 5. The first-order valence-electron chi connectivity index (χ1n) is 9.39. The van der Waals surface area contributed by atoms with Crippen molar-refractivity contribution in [2.45, 2.75) is 12.8 Å². The number of fused-ring (bicyclic) bond motifs is 1. The Bertz CT molecular complexity index is 1090. The monoisotopic (exact) mass is 372 g/mol. The van der Waals surface area contributed by atoms with E-state index in [4.69, 9.17) is 0 Å². The smallest absolute Gasteiger partial charge is 0.276 e. The lowest BCUT2D eigenvalue weighted by atomic mass is 10.2. The molecule has 0 saturated heterocycles. The van der Waals surface area contributed by atoms with E-state index in [1.807, 2.05) is 42.6 Å². The number of rotatable bonds is 5. The number of aromatic nitrogens is 2. The van der Waals surface area contributed by atoms with Crippen molar-refractivity contribution in [3.63, 3.8) is 0 Å². The van der Waals surface area contributed by atoms with Crippen LogP contribution in [-0.4, -0.2) is 28.4 Å². The Morgan fingerprint density at radius 1 is 1.18 bits per heavy atom. The first-order chi connectivity index (χ1) is 13.7. The first-order valence-corrected chi connectivity index (χ1v) is 9.39. The van der Waals surface area contributed by atoms with Crippen LogP contribution in [0.1, 0.15) is 18.4 Å². The summed E-state index contributed by atoms with van der Waals surface area (Å²) in [4.78, 5) is 24.3. The van der Waals surface area contributed by atoms with E-state index < -0.39 is 0 Å². The summed E-state index contributed by atoms with van der Waals surface area (Å²) in [6.45, 7) is 0.859. The molecule has 2 aromatic heterocycles. The second kappa shape index (κ2) is 6.84. The second-order valence-corrected chi connectivity index (χ2v) is 7.12. The van der Waals surface area contributed by atoms with Crippen LogP contribution in [0.2, 0.25) is 0 Å². The fourth-order valence-corrected chi connectivity index (χ4v) is 3.16. The number of carbonyl (C=O) groups is 1. The minimum absolute atomic E-state index is 0.195. The molecule has 5 rings (SSSR count). The zero-order valence-corrected chi connectivity index (χ0v) is 15.2. The lowest BCUT2D eigenvalue weighted by Crippen LogP contribution is -2.37. The third kappa shape index (κ3) is 3.46. The first kappa shape index (κ1) is 16.6. The molecule has 7 heteroatoms. The van der Waals surface area contributed by atoms with Crippen molar-refractivity contribution in [3.05, 3.63) is 60.1 Å². The maximum atomic E-state index is 12.2. The molecule has 140 valence electrons. The summed E-state index contributed by atoms with van der Waals surface area (Å²) in [5, 5.41) is 10.3. The molecule has 3 heterocycles. The van der Waals surface area contributed by atoms with Gasteiger partial charge in [-0.15, -0.1) is 0 Å². The Kier molecular flexibility index (Phi) is 4.05. The van der Waals surface area contributed by atoms with Crippen LogP contribution in [0.3, 0.4) is 0 Å². The average Bonchev–Trinajstić information content (AvgIpc) is 3.37. The quantitative estimate of drug-likeness (QED) is 0.518. The van der Waals surface area contributed by atoms with E-state index in [-0.39, 0.29) is 5.91 Å². The molecule has 0 bridgehead atoms. The van der Waals surface area contributed by atoms with Gasteiger partial charge >= 0.3 is 0 Å². The van der Waals surface area contributed by atoms with Gasteiger partial charge in [-0.2, -0.15) is 0 Å².